The third-order valence-corrected chi connectivity index (χ3v) is 3.85. The molecule has 0 aliphatic carbocycles. The maximum atomic E-state index is 5.30. The molecule has 3 aromatic heterocycles. The van der Waals surface area contributed by atoms with Gasteiger partial charge in [-0.3, -0.25) is 5.10 Å². The van der Waals surface area contributed by atoms with Gasteiger partial charge < -0.3 is 4.42 Å². The van der Waals surface area contributed by atoms with Crippen LogP contribution in [0, 0.1) is 0 Å². The summed E-state index contributed by atoms with van der Waals surface area (Å²) in [4.78, 5) is 8.54. The average molecular weight is 264 g/mol. The van der Waals surface area contributed by atoms with Crippen molar-refractivity contribution in [2.24, 2.45) is 0 Å². The highest BCUT2D eigenvalue weighted by Gasteiger charge is 2.07. The van der Waals surface area contributed by atoms with E-state index in [1.165, 1.54) is 6.33 Å². The van der Waals surface area contributed by atoms with Crippen molar-refractivity contribution < 1.29 is 4.42 Å². The molecule has 0 spiro atoms. The predicted molar refractivity (Wildman–Crippen MR) is 65.8 cm³/mol. The Hall–Kier alpha value is -1.60. The van der Waals surface area contributed by atoms with Crippen LogP contribution < -0.4 is 0 Å². The van der Waals surface area contributed by atoms with E-state index in [0.29, 0.717) is 0 Å². The van der Waals surface area contributed by atoms with Crippen LogP contribution in [-0.2, 0) is 5.75 Å². The summed E-state index contributed by atoms with van der Waals surface area (Å²) in [5.74, 6) is 1.58. The lowest BCUT2D eigenvalue weighted by Gasteiger charge is -1.92. The zero-order valence-corrected chi connectivity index (χ0v) is 10.3. The minimum atomic E-state index is 0.770. The molecule has 7 heteroatoms. The number of aromatic amines is 1. The van der Waals surface area contributed by atoms with Crippen LogP contribution in [0.2, 0.25) is 0 Å². The molecule has 3 heterocycles. The Kier molecular flexibility index (Phi) is 2.93. The molecule has 0 aromatic carbocycles. The average Bonchev–Trinajstić information content (AvgIpc) is 3.09. The zero-order chi connectivity index (χ0) is 11.5. The lowest BCUT2D eigenvalue weighted by molar-refractivity contribution is 0.581. The molecule has 86 valence electrons. The second kappa shape index (κ2) is 4.72. The first-order chi connectivity index (χ1) is 8.42. The number of nitrogens with zero attached hydrogens (tertiary/aromatic N) is 3. The lowest BCUT2D eigenvalue weighted by atomic mass is 10.5. The van der Waals surface area contributed by atoms with Crippen LogP contribution in [0.3, 0.4) is 0 Å². The van der Waals surface area contributed by atoms with E-state index < -0.39 is 0 Å². The topological polar surface area (TPSA) is 67.6 Å². The predicted octanol–water partition coefficient (Wildman–Crippen LogP) is 2.81. The van der Waals surface area contributed by atoms with E-state index in [4.69, 9.17) is 4.42 Å². The van der Waals surface area contributed by atoms with E-state index in [2.05, 4.69) is 20.2 Å². The monoisotopic (exact) mass is 264 g/mol. The Labute approximate surface area is 105 Å². The summed E-state index contributed by atoms with van der Waals surface area (Å²) < 4.78 is 5.30. The summed E-state index contributed by atoms with van der Waals surface area (Å²) in [6, 6.07) is 3.77. The standard InChI is InChI=1S/C10H8N4OS2/c1-2-8(15-3-1)9-13-7(4-16-9)5-17-10-11-6-12-14-10/h1-4,6H,5H2,(H,11,12,14). The smallest absolute Gasteiger partial charge is 0.183 e. The molecular formula is C10H8N4OS2. The molecule has 0 atom stereocenters. The van der Waals surface area contributed by atoms with E-state index in [9.17, 15) is 0 Å². The Morgan fingerprint density at radius 1 is 1.47 bits per heavy atom. The van der Waals surface area contributed by atoms with Crippen molar-refractivity contribution in [1.29, 1.82) is 0 Å². The molecular weight excluding hydrogens is 256 g/mol. The van der Waals surface area contributed by atoms with Crippen molar-refractivity contribution in [1.82, 2.24) is 20.2 Å². The second-order valence-electron chi connectivity index (χ2n) is 3.20. The van der Waals surface area contributed by atoms with Gasteiger partial charge in [0.15, 0.2) is 15.9 Å². The first-order valence-electron chi connectivity index (χ1n) is 4.88. The van der Waals surface area contributed by atoms with Crippen molar-refractivity contribution in [3.8, 4) is 10.8 Å². The van der Waals surface area contributed by atoms with Gasteiger partial charge in [-0.25, -0.2) is 9.97 Å². The van der Waals surface area contributed by atoms with Crippen LogP contribution >= 0.6 is 23.1 Å². The van der Waals surface area contributed by atoms with Crippen LogP contribution in [-0.4, -0.2) is 20.2 Å². The maximum absolute atomic E-state index is 5.30. The highest BCUT2D eigenvalue weighted by molar-refractivity contribution is 7.98. The fraction of sp³-hybridized carbons (Fsp3) is 0.100. The molecule has 0 saturated carbocycles. The SMILES string of the molecule is c1coc(-c2nc(CSc3ncn[nH]3)cs2)c1. The summed E-state index contributed by atoms with van der Waals surface area (Å²) in [7, 11) is 0. The van der Waals surface area contributed by atoms with Crippen LogP contribution in [0.1, 0.15) is 5.69 Å². The van der Waals surface area contributed by atoms with Gasteiger partial charge in [0.05, 0.1) is 12.0 Å². The molecule has 0 radical (unpaired) electrons. The Morgan fingerprint density at radius 3 is 3.24 bits per heavy atom. The van der Waals surface area contributed by atoms with E-state index >= 15 is 0 Å². The molecule has 0 amide bonds. The van der Waals surface area contributed by atoms with Crippen molar-refractivity contribution in [2.45, 2.75) is 10.9 Å². The van der Waals surface area contributed by atoms with Gasteiger partial charge >= 0.3 is 0 Å². The molecule has 0 fully saturated rings. The van der Waals surface area contributed by atoms with Crippen molar-refractivity contribution in [3.63, 3.8) is 0 Å². The van der Waals surface area contributed by atoms with E-state index in [1.54, 1.807) is 29.4 Å². The van der Waals surface area contributed by atoms with Gasteiger partial charge in [-0.15, -0.1) is 11.3 Å². The van der Waals surface area contributed by atoms with E-state index in [-0.39, 0.29) is 0 Å². The largest absolute Gasteiger partial charge is 0.462 e. The summed E-state index contributed by atoms with van der Waals surface area (Å²) in [5.41, 5.74) is 1.02. The number of hydrogen-bond donors (Lipinski definition) is 1. The molecule has 1 N–H and O–H groups in total. The Bertz CT molecular complexity index is 573. The van der Waals surface area contributed by atoms with Crippen molar-refractivity contribution in [2.75, 3.05) is 0 Å². The molecule has 0 saturated heterocycles. The van der Waals surface area contributed by atoms with Gasteiger partial charge in [0.2, 0.25) is 0 Å². The van der Waals surface area contributed by atoms with Gasteiger partial charge in [-0.2, -0.15) is 5.10 Å². The van der Waals surface area contributed by atoms with Crippen LogP contribution in [0.15, 0.2) is 39.7 Å². The quantitative estimate of drug-likeness (QED) is 0.734. The molecule has 3 rings (SSSR count). The number of furan rings is 1. The summed E-state index contributed by atoms with van der Waals surface area (Å²) in [6.45, 7) is 0. The number of thioether (sulfide) groups is 1. The third-order valence-electron chi connectivity index (χ3n) is 2.03. The first-order valence-corrected chi connectivity index (χ1v) is 6.75. The molecule has 0 aliphatic heterocycles. The normalized spacial score (nSPS) is 10.8. The van der Waals surface area contributed by atoms with Gasteiger partial charge in [0.25, 0.3) is 0 Å². The molecule has 0 unspecified atom stereocenters. The van der Waals surface area contributed by atoms with Gasteiger partial charge in [0.1, 0.15) is 6.33 Å². The number of hydrogen-bond acceptors (Lipinski definition) is 6. The molecule has 0 bridgehead atoms. The van der Waals surface area contributed by atoms with Crippen molar-refractivity contribution in [3.05, 3.63) is 35.8 Å². The van der Waals surface area contributed by atoms with Gasteiger partial charge in [-0.1, -0.05) is 11.8 Å². The number of thiazole rings is 1. The molecule has 3 aromatic rings. The van der Waals surface area contributed by atoms with Crippen LogP contribution in [0.5, 0.6) is 0 Å². The fourth-order valence-electron chi connectivity index (χ4n) is 1.29. The summed E-state index contributed by atoms with van der Waals surface area (Å²) in [6.07, 6.45) is 3.15. The Morgan fingerprint density at radius 2 is 2.47 bits per heavy atom. The highest BCUT2D eigenvalue weighted by atomic mass is 32.2. The summed E-state index contributed by atoms with van der Waals surface area (Å²) >= 11 is 3.16. The van der Waals surface area contributed by atoms with E-state index in [0.717, 1.165) is 27.4 Å². The van der Waals surface area contributed by atoms with E-state index in [1.807, 2.05) is 17.5 Å². The zero-order valence-electron chi connectivity index (χ0n) is 8.66. The van der Waals surface area contributed by atoms with Gasteiger partial charge in [0, 0.05) is 11.1 Å². The van der Waals surface area contributed by atoms with Crippen LogP contribution in [0.25, 0.3) is 10.8 Å². The second-order valence-corrected chi connectivity index (χ2v) is 5.02. The minimum absolute atomic E-state index is 0.770. The highest BCUT2D eigenvalue weighted by Crippen LogP contribution is 2.26. The maximum Gasteiger partial charge on any atom is 0.183 e. The number of H-pyrrole nitrogens is 1. The first kappa shape index (κ1) is 10.5. The van der Waals surface area contributed by atoms with Gasteiger partial charge in [-0.05, 0) is 12.1 Å². The van der Waals surface area contributed by atoms with Crippen molar-refractivity contribution >= 4 is 23.1 Å². The molecule has 5 nitrogen and oxygen atoms in total. The molecule has 17 heavy (non-hydrogen) atoms. The minimum Gasteiger partial charge on any atom is -0.462 e. The lowest BCUT2D eigenvalue weighted by Crippen LogP contribution is -1.82. The number of rotatable bonds is 4. The Balaban J connectivity index is 1.69. The van der Waals surface area contributed by atoms with Crippen LogP contribution in [0.4, 0.5) is 0 Å². The summed E-state index contributed by atoms with van der Waals surface area (Å²) in [5, 5.41) is 10.3. The molecule has 0 aliphatic rings. The number of aromatic nitrogens is 4. The fourth-order valence-corrected chi connectivity index (χ4v) is 2.86. The third kappa shape index (κ3) is 2.40. The number of nitrogens with one attached hydrogen (secondary N) is 1.